The molecule has 0 saturated carbocycles. The third-order valence-electron chi connectivity index (χ3n) is 3.23. The Kier molecular flexibility index (Phi) is 4.96. The molecule has 2 aromatic carbocycles. The van der Waals surface area contributed by atoms with Crippen molar-refractivity contribution in [1.29, 1.82) is 0 Å². The summed E-state index contributed by atoms with van der Waals surface area (Å²) in [5.74, 6) is -0.912. The van der Waals surface area contributed by atoms with Crippen molar-refractivity contribution in [3.63, 3.8) is 0 Å². The van der Waals surface area contributed by atoms with Crippen LogP contribution < -0.4 is 9.47 Å². The van der Waals surface area contributed by atoms with Gasteiger partial charge in [0.25, 0.3) is 0 Å². The van der Waals surface area contributed by atoms with E-state index >= 15 is 0 Å². The Morgan fingerprint density at radius 3 is 1.17 bits per heavy atom. The van der Waals surface area contributed by atoms with Crippen molar-refractivity contribution in [2.24, 2.45) is 0 Å². The molecule has 0 N–H and O–H groups in total. The van der Waals surface area contributed by atoms with E-state index in [-0.39, 0.29) is 17.4 Å². The van der Waals surface area contributed by atoms with Crippen molar-refractivity contribution in [1.82, 2.24) is 0 Å². The van der Waals surface area contributed by atoms with Crippen molar-refractivity contribution in [2.45, 2.75) is 25.6 Å². The molecule has 130 valence electrons. The Bertz CT molecular complexity index is 599. The first-order valence-electron chi connectivity index (χ1n) is 6.75. The highest BCUT2D eigenvalue weighted by Crippen LogP contribution is 2.30. The summed E-state index contributed by atoms with van der Waals surface area (Å²) >= 11 is 0. The Labute approximate surface area is 133 Å². The van der Waals surface area contributed by atoms with E-state index in [1.54, 1.807) is 6.92 Å². The highest BCUT2D eigenvalue weighted by molar-refractivity contribution is 5.37. The molecular weight excluding hydrogens is 338 g/mol. The van der Waals surface area contributed by atoms with Crippen LogP contribution in [0.25, 0.3) is 0 Å². The average molecular weight is 350 g/mol. The zero-order valence-corrected chi connectivity index (χ0v) is 12.3. The molecule has 2 aromatic rings. The summed E-state index contributed by atoms with van der Waals surface area (Å²) in [6, 6.07) is 10.6. The monoisotopic (exact) mass is 350 g/mol. The fourth-order valence-electron chi connectivity index (χ4n) is 2.11. The lowest BCUT2D eigenvalue weighted by molar-refractivity contribution is -0.275. The Morgan fingerprint density at radius 1 is 0.625 bits per heavy atom. The van der Waals surface area contributed by atoms with Gasteiger partial charge in [-0.25, -0.2) is 0 Å². The van der Waals surface area contributed by atoms with Crippen LogP contribution in [-0.2, 0) is 0 Å². The first-order chi connectivity index (χ1) is 11.0. The van der Waals surface area contributed by atoms with E-state index in [0.29, 0.717) is 11.1 Å². The van der Waals surface area contributed by atoms with Gasteiger partial charge in [-0.2, -0.15) is 0 Å². The van der Waals surface area contributed by atoms with Gasteiger partial charge < -0.3 is 9.47 Å². The van der Waals surface area contributed by atoms with Crippen LogP contribution in [0.15, 0.2) is 48.5 Å². The fraction of sp³-hybridized carbons (Fsp3) is 0.250. The summed E-state index contributed by atoms with van der Waals surface area (Å²) in [6.45, 7) is 1.78. The lowest BCUT2D eigenvalue weighted by atomic mass is 9.93. The van der Waals surface area contributed by atoms with Crippen LogP contribution in [0.5, 0.6) is 11.5 Å². The van der Waals surface area contributed by atoms with Gasteiger partial charge in [-0.05, 0) is 35.4 Å². The molecule has 0 amide bonds. The molecule has 0 atom stereocenters. The largest absolute Gasteiger partial charge is 0.573 e. The molecule has 2 rings (SSSR count). The average Bonchev–Trinajstić information content (AvgIpc) is 2.45. The predicted octanol–water partition coefficient (Wildman–Crippen LogP) is 5.64. The molecule has 0 saturated heterocycles. The van der Waals surface area contributed by atoms with Crippen LogP contribution >= 0.6 is 0 Å². The van der Waals surface area contributed by atoms with Crippen LogP contribution in [0.2, 0.25) is 0 Å². The second kappa shape index (κ2) is 6.62. The molecule has 0 fully saturated rings. The van der Waals surface area contributed by atoms with Crippen molar-refractivity contribution in [3.05, 3.63) is 59.7 Å². The molecule has 0 aliphatic rings. The van der Waals surface area contributed by atoms with Gasteiger partial charge in [-0.15, -0.1) is 26.3 Å². The Hall–Kier alpha value is -2.38. The number of benzene rings is 2. The van der Waals surface area contributed by atoms with Gasteiger partial charge in [-0.3, -0.25) is 0 Å². The molecule has 0 aliphatic carbocycles. The first kappa shape index (κ1) is 18.0. The summed E-state index contributed by atoms with van der Waals surface area (Å²) in [7, 11) is 0. The van der Waals surface area contributed by atoms with E-state index in [0.717, 1.165) is 0 Å². The second-order valence-electron chi connectivity index (χ2n) is 4.96. The molecule has 0 bridgehead atoms. The topological polar surface area (TPSA) is 18.5 Å². The minimum absolute atomic E-state index is 0.232. The number of halogens is 6. The lowest BCUT2D eigenvalue weighted by Gasteiger charge is -2.15. The van der Waals surface area contributed by atoms with E-state index in [2.05, 4.69) is 9.47 Å². The molecule has 0 unspecified atom stereocenters. The number of hydrogen-bond acceptors (Lipinski definition) is 2. The minimum atomic E-state index is -4.76. The first-order valence-corrected chi connectivity index (χ1v) is 6.75. The summed E-state index contributed by atoms with van der Waals surface area (Å²) < 4.78 is 80.2. The summed E-state index contributed by atoms with van der Waals surface area (Å²) in [6.07, 6.45) is -9.52. The fourth-order valence-corrected chi connectivity index (χ4v) is 2.11. The molecule has 24 heavy (non-hydrogen) atoms. The second-order valence-corrected chi connectivity index (χ2v) is 4.96. The Morgan fingerprint density at radius 2 is 0.917 bits per heavy atom. The zero-order valence-electron chi connectivity index (χ0n) is 12.3. The van der Waals surface area contributed by atoms with Crippen LogP contribution in [0.1, 0.15) is 24.0 Å². The van der Waals surface area contributed by atoms with E-state index < -0.39 is 12.7 Å². The van der Waals surface area contributed by atoms with Gasteiger partial charge in [0, 0.05) is 5.92 Å². The molecule has 0 aromatic heterocycles. The van der Waals surface area contributed by atoms with Gasteiger partial charge >= 0.3 is 12.7 Å². The third-order valence-corrected chi connectivity index (χ3v) is 3.23. The lowest BCUT2D eigenvalue weighted by Crippen LogP contribution is -2.17. The smallest absolute Gasteiger partial charge is 0.406 e. The Balaban J connectivity index is 2.09. The number of ether oxygens (including phenoxy) is 2. The highest BCUT2D eigenvalue weighted by Gasteiger charge is 2.31. The van der Waals surface area contributed by atoms with E-state index in [1.807, 2.05) is 0 Å². The van der Waals surface area contributed by atoms with Crippen LogP contribution in [-0.4, -0.2) is 12.7 Å². The molecular formula is C16H12F6O2. The van der Waals surface area contributed by atoms with E-state index in [4.69, 9.17) is 0 Å². The third kappa shape index (κ3) is 5.36. The summed E-state index contributed by atoms with van der Waals surface area (Å²) in [5, 5.41) is 0. The maximum absolute atomic E-state index is 12.1. The maximum Gasteiger partial charge on any atom is 0.573 e. The van der Waals surface area contributed by atoms with Crippen molar-refractivity contribution in [2.75, 3.05) is 0 Å². The van der Waals surface area contributed by atoms with Gasteiger partial charge in [-0.1, -0.05) is 31.2 Å². The van der Waals surface area contributed by atoms with Gasteiger partial charge in [0.05, 0.1) is 0 Å². The van der Waals surface area contributed by atoms with Gasteiger partial charge in [0.1, 0.15) is 11.5 Å². The van der Waals surface area contributed by atoms with Crippen molar-refractivity contribution >= 4 is 0 Å². The van der Waals surface area contributed by atoms with Crippen molar-refractivity contribution in [3.8, 4) is 11.5 Å². The van der Waals surface area contributed by atoms with Crippen LogP contribution in [0.3, 0.4) is 0 Å². The minimum Gasteiger partial charge on any atom is -0.406 e. The number of hydrogen-bond donors (Lipinski definition) is 0. The molecule has 0 radical (unpaired) electrons. The molecule has 0 aliphatic heterocycles. The van der Waals surface area contributed by atoms with Crippen LogP contribution in [0.4, 0.5) is 26.3 Å². The SMILES string of the molecule is CC(c1ccc(OC(F)(F)F)cc1)c1ccc(OC(F)(F)F)cc1. The van der Waals surface area contributed by atoms with Crippen LogP contribution in [0, 0.1) is 0 Å². The van der Waals surface area contributed by atoms with Gasteiger partial charge in [0.15, 0.2) is 0 Å². The number of rotatable bonds is 4. The summed E-state index contributed by atoms with van der Waals surface area (Å²) in [5.41, 5.74) is 1.38. The normalized spacial score (nSPS) is 12.3. The molecule has 8 heteroatoms. The summed E-state index contributed by atoms with van der Waals surface area (Å²) in [4.78, 5) is 0. The standard InChI is InChI=1S/C16H12F6O2/c1-10(11-2-6-13(7-3-11)23-15(17,18)19)12-4-8-14(9-5-12)24-16(20,21)22/h2-10H,1H3. The van der Waals surface area contributed by atoms with E-state index in [9.17, 15) is 26.3 Å². The maximum atomic E-state index is 12.1. The molecule has 2 nitrogen and oxygen atoms in total. The predicted molar refractivity (Wildman–Crippen MR) is 73.8 cm³/mol. The highest BCUT2D eigenvalue weighted by atomic mass is 19.4. The zero-order chi connectivity index (χ0) is 18.0. The van der Waals surface area contributed by atoms with Gasteiger partial charge in [0.2, 0.25) is 0 Å². The van der Waals surface area contributed by atoms with Crippen molar-refractivity contribution < 1.29 is 35.8 Å². The number of alkyl halides is 6. The molecule has 0 heterocycles. The van der Waals surface area contributed by atoms with E-state index in [1.165, 1.54) is 48.5 Å². The molecule has 0 spiro atoms. The quantitative estimate of drug-likeness (QED) is 0.665.